The zero-order valence-electron chi connectivity index (χ0n) is 17.9. The summed E-state index contributed by atoms with van der Waals surface area (Å²) in [6.45, 7) is 3.24. The molecule has 1 aromatic carbocycles. The molecule has 0 saturated heterocycles. The maximum Gasteiger partial charge on any atom is 0.415 e. The molecule has 0 fully saturated rings. The highest BCUT2D eigenvalue weighted by Crippen LogP contribution is 2.25. The lowest BCUT2D eigenvalue weighted by molar-refractivity contribution is 0.102. The smallest absolute Gasteiger partial charge is 0.409 e. The number of ether oxygens (including phenoxy) is 1. The van der Waals surface area contributed by atoms with Crippen LogP contribution in [0.15, 0.2) is 28.6 Å². The van der Waals surface area contributed by atoms with E-state index in [4.69, 9.17) is 4.74 Å². The minimum absolute atomic E-state index is 0.185. The number of rotatable bonds is 9. The lowest BCUT2D eigenvalue weighted by atomic mass is 10.1. The molecule has 0 aliphatic rings. The average molecular weight is 453 g/mol. The number of anilines is 1. The number of nitrogens with one attached hydrogen (secondary N) is 1. The first-order valence-corrected chi connectivity index (χ1v) is 12.0. The molecule has 0 saturated carbocycles. The minimum Gasteiger partial charge on any atom is -0.409 e. The number of thiazole rings is 1. The van der Waals surface area contributed by atoms with Gasteiger partial charge in [-0.05, 0) is 38.2 Å². The Kier molecular flexibility index (Phi) is 8.94. The highest BCUT2D eigenvalue weighted by atomic mass is 32.2. The zero-order chi connectivity index (χ0) is 22.3. The topological polar surface area (TPSA) is 91.8 Å². The lowest BCUT2D eigenvalue weighted by Gasteiger charge is -2.20. The number of hydrogen-bond acceptors (Lipinski definition) is 7. The van der Waals surface area contributed by atoms with E-state index < -0.39 is 22.8 Å². The van der Waals surface area contributed by atoms with Crippen LogP contribution in [0.3, 0.4) is 0 Å². The number of carbonyl (C=O) groups excluding carboxylic acids is 2. The van der Waals surface area contributed by atoms with Gasteiger partial charge in [0.15, 0.2) is 5.13 Å². The Morgan fingerprint density at radius 2 is 1.97 bits per heavy atom. The molecular formula is C20H28N4O4S2. The molecule has 0 aliphatic heterocycles. The van der Waals surface area contributed by atoms with Gasteiger partial charge in [0.25, 0.3) is 5.91 Å². The molecule has 1 aromatic heterocycles. The van der Waals surface area contributed by atoms with Crippen LogP contribution < -0.4 is 10.1 Å². The van der Waals surface area contributed by atoms with E-state index in [0.717, 1.165) is 18.4 Å². The first-order chi connectivity index (χ1) is 14.2. The minimum atomic E-state index is -1.23. The zero-order valence-corrected chi connectivity index (χ0v) is 19.6. The Labute approximate surface area is 183 Å². The fourth-order valence-electron chi connectivity index (χ4n) is 2.51. The van der Waals surface area contributed by atoms with Crippen LogP contribution in [0.25, 0.3) is 0 Å². The average Bonchev–Trinajstić information content (AvgIpc) is 3.16. The van der Waals surface area contributed by atoms with Crippen LogP contribution in [-0.4, -0.2) is 71.5 Å². The summed E-state index contributed by atoms with van der Waals surface area (Å²) in [5.74, 6) is -0.251. The normalized spacial score (nSPS) is 11.9. The van der Waals surface area contributed by atoms with E-state index in [1.165, 1.54) is 22.5 Å². The second-order valence-electron chi connectivity index (χ2n) is 7.07. The molecule has 2 rings (SSSR count). The maximum atomic E-state index is 12.9. The highest BCUT2D eigenvalue weighted by molar-refractivity contribution is 7.84. The Balaban J connectivity index is 2.22. The Morgan fingerprint density at radius 1 is 1.23 bits per heavy atom. The van der Waals surface area contributed by atoms with Crippen molar-refractivity contribution < 1.29 is 18.5 Å². The Bertz CT molecular complexity index is 914. The number of hydrogen-bond donors (Lipinski definition) is 1. The molecule has 0 aliphatic carbocycles. The summed E-state index contributed by atoms with van der Waals surface area (Å²) >= 11 is 1.19. The SMILES string of the molecule is CCCc1ccc(OC(=O)N(C)CCN(C)C)c(C(=O)Nc2nc(S(C)=O)cs2)c1. The van der Waals surface area contributed by atoms with Crippen molar-refractivity contribution in [2.75, 3.05) is 45.8 Å². The van der Waals surface area contributed by atoms with Crippen molar-refractivity contribution in [3.05, 3.63) is 34.7 Å². The molecule has 10 heteroatoms. The van der Waals surface area contributed by atoms with Gasteiger partial charge in [-0.2, -0.15) is 0 Å². The summed E-state index contributed by atoms with van der Waals surface area (Å²) < 4.78 is 17.1. The summed E-state index contributed by atoms with van der Waals surface area (Å²) in [5, 5.41) is 5.09. The van der Waals surface area contributed by atoms with Gasteiger partial charge in [0, 0.05) is 31.8 Å². The van der Waals surface area contributed by atoms with Crippen molar-refractivity contribution in [3.63, 3.8) is 0 Å². The fraction of sp³-hybridized carbons (Fsp3) is 0.450. The van der Waals surface area contributed by atoms with Crippen LogP contribution in [0.2, 0.25) is 0 Å². The first-order valence-electron chi connectivity index (χ1n) is 9.52. The molecule has 30 heavy (non-hydrogen) atoms. The maximum absolute atomic E-state index is 12.9. The molecule has 8 nitrogen and oxygen atoms in total. The van der Waals surface area contributed by atoms with E-state index in [-0.39, 0.29) is 11.3 Å². The van der Waals surface area contributed by atoms with E-state index in [1.54, 1.807) is 24.6 Å². The van der Waals surface area contributed by atoms with Crippen molar-refractivity contribution in [1.82, 2.24) is 14.8 Å². The van der Waals surface area contributed by atoms with Gasteiger partial charge in [-0.15, -0.1) is 11.3 Å². The van der Waals surface area contributed by atoms with Gasteiger partial charge in [-0.1, -0.05) is 19.4 Å². The van der Waals surface area contributed by atoms with Crippen LogP contribution in [-0.2, 0) is 17.2 Å². The molecule has 1 atom stereocenters. The predicted octanol–water partition coefficient (Wildman–Crippen LogP) is 3.08. The Morgan fingerprint density at radius 3 is 2.57 bits per heavy atom. The van der Waals surface area contributed by atoms with Gasteiger partial charge in [0.05, 0.1) is 16.4 Å². The third kappa shape index (κ3) is 6.89. The van der Waals surface area contributed by atoms with E-state index in [9.17, 15) is 13.8 Å². The number of carbonyl (C=O) groups is 2. The number of amides is 2. The summed E-state index contributed by atoms with van der Waals surface area (Å²) in [6, 6.07) is 5.23. The molecule has 0 radical (unpaired) electrons. The van der Waals surface area contributed by atoms with Crippen molar-refractivity contribution >= 4 is 39.3 Å². The molecule has 2 amide bonds. The van der Waals surface area contributed by atoms with Crippen molar-refractivity contribution in [1.29, 1.82) is 0 Å². The first kappa shape index (κ1) is 24.0. The molecular weight excluding hydrogens is 424 g/mol. The monoisotopic (exact) mass is 452 g/mol. The van der Waals surface area contributed by atoms with Gasteiger partial charge >= 0.3 is 6.09 Å². The van der Waals surface area contributed by atoms with E-state index in [1.807, 2.05) is 25.1 Å². The van der Waals surface area contributed by atoms with Crippen molar-refractivity contribution in [2.24, 2.45) is 0 Å². The van der Waals surface area contributed by atoms with Gasteiger partial charge in [-0.25, -0.2) is 9.78 Å². The predicted molar refractivity (Wildman–Crippen MR) is 120 cm³/mol. The number of nitrogens with zero attached hydrogens (tertiary/aromatic N) is 3. The summed E-state index contributed by atoms with van der Waals surface area (Å²) in [6.07, 6.45) is 2.71. The van der Waals surface area contributed by atoms with Crippen LogP contribution >= 0.6 is 11.3 Å². The number of benzene rings is 1. The molecule has 0 bridgehead atoms. The van der Waals surface area contributed by atoms with Crippen molar-refractivity contribution in [2.45, 2.75) is 24.8 Å². The van der Waals surface area contributed by atoms with Crippen molar-refractivity contribution in [3.8, 4) is 5.75 Å². The van der Waals surface area contributed by atoms with E-state index in [0.29, 0.717) is 23.2 Å². The molecule has 164 valence electrons. The number of aryl methyl sites for hydroxylation is 1. The van der Waals surface area contributed by atoms with Crippen LogP contribution in [0.5, 0.6) is 5.75 Å². The van der Waals surface area contributed by atoms with Gasteiger partial charge < -0.3 is 14.5 Å². The Hall–Kier alpha value is -2.30. The standard InChI is InChI=1S/C20H28N4O4S2/c1-6-7-14-8-9-16(28-20(26)24(4)11-10-23(2)3)15(12-14)18(25)22-19-21-17(13-29-19)30(5)27/h8-9,12-13H,6-7,10-11H2,1-5H3,(H,21,22,25). The largest absolute Gasteiger partial charge is 0.415 e. The molecule has 1 unspecified atom stereocenters. The third-order valence-corrected chi connectivity index (χ3v) is 5.92. The van der Waals surface area contributed by atoms with Crippen LogP contribution in [0.4, 0.5) is 9.93 Å². The molecule has 1 heterocycles. The van der Waals surface area contributed by atoms with E-state index in [2.05, 4.69) is 17.2 Å². The summed E-state index contributed by atoms with van der Waals surface area (Å²) in [5.41, 5.74) is 1.22. The molecule has 2 aromatic rings. The van der Waals surface area contributed by atoms with Crippen LogP contribution in [0, 0.1) is 0 Å². The molecule has 1 N–H and O–H groups in total. The van der Waals surface area contributed by atoms with Crippen LogP contribution in [0.1, 0.15) is 29.3 Å². The fourth-order valence-corrected chi connectivity index (χ4v) is 4.05. The number of aromatic nitrogens is 1. The molecule has 0 spiro atoms. The van der Waals surface area contributed by atoms with Gasteiger partial charge in [-0.3, -0.25) is 14.3 Å². The lowest BCUT2D eigenvalue weighted by Crippen LogP contribution is -2.35. The third-order valence-electron chi connectivity index (χ3n) is 4.22. The quantitative estimate of drug-likeness (QED) is 0.629. The second kappa shape index (κ2) is 11.2. The summed E-state index contributed by atoms with van der Waals surface area (Å²) in [7, 11) is 4.27. The van der Waals surface area contributed by atoms with E-state index >= 15 is 0 Å². The van der Waals surface area contributed by atoms with Gasteiger partial charge in [0.1, 0.15) is 10.8 Å². The number of likely N-dealkylation sites (N-methyl/N-ethyl adjacent to an activating group) is 2. The highest BCUT2D eigenvalue weighted by Gasteiger charge is 2.20. The van der Waals surface area contributed by atoms with Gasteiger partial charge in [0.2, 0.25) is 0 Å². The second-order valence-corrected chi connectivity index (χ2v) is 9.26. The summed E-state index contributed by atoms with van der Waals surface area (Å²) in [4.78, 5) is 33.0.